The summed E-state index contributed by atoms with van der Waals surface area (Å²) in [6.07, 6.45) is 2.10. The number of nitrogens with two attached hydrogens (primary N) is 1. The highest BCUT2D eigenvalue weighted by atomic mass is 32.2. The number of phenolic OH excluding ortho intramolecular Hbond substituents is 2. The van der Waals surface area contributed by atoms with E-state index < -0.39 is 11.6 Å². The first kappa shape index (κ1) is 17.6. The van der Waals surface area contributed by atoms with E-state index in [4.69, 9.17) is 5.73 Å². The molecule has 1 aromatic rings. The van der Waals surface area contributed by atoms with Crippen LogP contribution in [-0.2, 0) is 11.2 Å². The second-order valence-electron chi connectivity index (χ2n) is 5.28. The number of carbonyl (C=O) groups is 1. The number of rotatable bonds is 7. The van der Waals surface area contributed by atoms with Gasteiger partial charge in [-0.3, -0.25) is 4.79 Å². The second-order valence-corrected chi connectivity index (χ2v) is 6.15. The van der Waals surface area contributed by atoms with E-state index in [1.165, 1.54) is 23.9 Å². The number of benzene rings is 1. The molecule has 0 bridgehead atoms. The normalized spacial score (nSPS) is 15.2. The Morgan fingerprint density at radius 3 is 2.67 bits per heavy atom. The number of phenols is 2. The SMILES string of the molecule is CSCC(C)(O)CNC(=O)[C@@H](N)Cc1ccc(O)c(O)c1. The third-order valence-corrected chi connectivity index (χ3v) is 3.84. The van der Waals surface area contributed by atoms with Gasteiger partial charge in [-0.1, -0.05) is 6.07 Å². The summed E-state index contributed by atoms with van der Waals surface area (Å²) in [5.41, 5.74) is 5.46. The second kappa shape index (κ2) is 7.53. The number of nitrogens with one attached hydrogen (secondary N) is 1. The Morgan fingerprint density at radius 2 is 2.10 bits per heavy atom. The molecule has 1 aromatic carbocycles. The van der Waals surface area contributed by atoms with E-state index in [1.54, 1.807) is 13.0 Å². The molecule has 6 nitrogen and oxygen atoms in total. The lowest BCUT2D eigenvalue weighted by Gasteiger charge is -2.23. The van der Waals surface area contributed by atoms with Crippen LogP contribution in [0.15, 0.2) is 18.2 Å². The van der Waals surface area contributed by atoms with Crippen LogP contribution in [0.2, 0.25) is 0 Å². The first-order valence-electron chi connectivity index (χ1n) is 6.50. The summed E-state index contributed by atoms with van der Waals surface area (Å²) in [6, 6.07) is 3.51. The minimum atomic E-state index is -0.981. The standard InChI is InChI=1S/C14H22N2O4S/c1-14(20,8-21-2)7-16-13(19)10(15)5-9-3-4-11(17)12(18)6-9/h3-4,6,10,17-18,20H,5,7-8,15H2,1-2H3,(H,16,19)/t10-,14?/m0/s1. The molecule has 6 N–H and O–H groups in total. The summed E-state index contributed by atoms with van der Waals surface area (Å²) in [4.78, 5) is 11.9. The lowest BCUT2D eigenvalue weighted by atomic mass is 10.0. The Balaban J connectivity index is 2.53. The van der Waals surface area contributed by atoms with Crippen molar-refractivity contribution in [2.75, 3.05) is 18.6 Å². The molecule has 1 rings (SSSR count). The number of thioether (sulfide) groups is 1. The van der Waals surface area contributed by atoms with Crippen molar-refractivity contribution in [1.82, 2.24) is 5.32 Å². The minimum Gasteiger partial charge on any atom is -0.504 e. The van der Waals surface area contributed by atoms with Crippen molar-refractivity contribution in [3.05, 3.63) is 23.8 Å². The molecule has 0 aliphatic rings. The Bertz CT molecular complexity index is 494. The van der Waals surface area contributed by atoms with Crippen LogP contribution in [0, 0.1) is 0 Å². The topological polar surface area (TPSA) is 116 Å². The van der Waals surface area contributed by atoms with Crippen LogP contribution in [0.5, 0.6) is 11.5 Å². The summed E-state index contributed by atoms with van der Waals surface area (Å²) in [7, 11) is 0. The maximum Gasteiger partial charge on any atom is 0.237 e. The highest BCUT2D eigenvalue weighted by molar-refractivity contribution is 7.98. The maximum atomic E-state index is 11.9. The fourth-order valence-corrected chi connectivity index (χ4v) is 2.54. The fraction of sp³-hybridized carbons (Fsp3) is 0.500. The predicted octanol–water partition coefficient (Wildman–Crippen LogP) is 0.198. The molecule has 0 heterocycles. The van der Waals surface area contributed by atoms with Crippen molar-refractivity contribution in [2.45, 2.75) is 25.0 Å². The predicted molar refractivity (Wildman–Crippen MR) is 83.5 cm³/mol. The monoisotopic (exact) mass is 314 g/mol. The minimum absolute atomic E-state index is 0.126. The number of aromatic hydroxyl groups is 2. The van der Waals surface area contributed by atoms with Gasteiger partial charge in [-0.25, -0.2) is 0 Å². The van der Waals surface area contributed by atoms with Crippen LogP contribution in [-0.4, -0.2) is 51.4 Å². The molecule has 0 fully saturated rings. The van der Waals surface area contributed by atoms with Gasteiger partial charge in [0.15, 0.2) is 11.5 Å². The molecule has 2 atom stereocenters. The summed E-state index contributed by atoms with van der Waals surface area (Å²) in [6.45, 7) is 1.77. The van der Waals surface area contributed by atoms with Gasteiger partial charge in [0, 0.05) is 12.3 Å². The van der Waals surface area contributed by atoms with Gasteiger partial charge in [0.1, 0.15) is 0 Å². The van der Waals surface area contributed by atoms with Crippen molar-refractivity contribution in [2.24, 2.45) is 5.73 Å². The van der Waals surface area contributed by atoms with E-state index in [-0.39, 0.29) is 30.4 Å². The molecule has 0 aromatic heterocycles. The van der Waals surface area contributed by atoms with Gasteiger partial charge in [0.05, 0.1) is 11.6 Å². The molecule has 1 unspecified atom stereocenters. The zero-order valence-electron chi connectivity index (χ0n) is 12.2. The summed E-state index contributed by atoms with van der Waals surface area (Å²) < 4.78 is 0. The highest BCUT2D eigenvalue weighted by Crippen LogP contribution is 2.25. The van der Waals surface area contributed by atoms with E-state index in [0.717, 1.165) is 0 Å². The Kier molecular flexibility index (Phi) is 6.32. The summed E-state index contributed by atoms with van der Waals surface area (Å²) in [5, 5.41) is 31.2. The van der Waals surface area contributed by atoms with Crippen LogP contribution in [0.1, 0.15) is 12.5 Å². The molecule has 0 spiro atoms. The third kappa shape index (κ3) is 5.82. The average Bonchev–Trinajstić information content (AvgIpc) is 2.40. The molecule has 118 valence electrons. The van der Waals surface area contributed by atoms with Crippen molar-refractivity contribution >= 4 is 17.7 Å². The Labute approximate surface area is 128 Å². The number of amides is 1. The first-order chi connectivity index (χ1) is 9.75. The highest BCUT2D eigenvalue weighted by Gasteiger charge is 2.22. The average molecular weight is 314 g/mol. The molecule has 0 saturated carbocycles. The van der Waals surface area contributed by atoms with Gasteiger partial charge in [-0.15, -0.1) is 0 Å². The van der Waals surface area contributed by atoms with Gasteiger partial charge in [-0.2, -0.15) is 11.8 Å². The van der Waals surface area contributed by atoms with E-state index in [1.807, 2.05) is 6.26 Å². The molecule has 0 aliphatic heterocycles. The van der Waals surface area contributed by atoms with Crippen molar-refractivity contribution in [3.63, 3.8) is 0 Å². The molecule has 21 heavy (non-hydrogen) atoms. The van der Waals surface area contributed by atoms with Crippen LogP contribution >= 0.6 is 11.8 Å². The van der Waals surface area contributed by atoms with E-state index in [2.05, 4.69) is 5.32 Å². The van der Waals surface area contributed by atoms with Crippen molar-refractivity contribution < 1.29 is 20.1 Å². The number of hydrogen-bond donors (Lipinski definition) is 5. The van der Waals surface area contributed by atoms with Crippen molar-refractivity contribution in [1.29, 1.82) is 0 Å². The van der Waals surface area contributed by atoms with E-state index >= 15 is 0 Å². The van der Waals surface area contributed by atoms with Crippen LogP contribution in [0.4, 0.5) is 0 Å². The van der Waals surface area contributed by atoms with Crippen LogP contribution in [0.3, 0.4) is 0 Å². The molecule has 0 radical (unpaired) electrons. The van der Waals surface area contributed by atoms with Crippen LogP contribution < -0.4 is 11.1 Å². The number of carbonyl (C=O) groups excluding carboxylic acids is 1. The maximum absolute atomic E-state index is 11.9. The molecular weight excluding hydrogens is 292 g/mol. The van der Waals surface area contributed by atoms with E-state index in [9.17, 15) is 20.1 Å². The lowest BCUT2D eigenvalue weighted by molar-refractivity contribution is -0.123. The van der Waals surface area contributed by atoms with Gasteiger partial charge in [0.2, 0.25) is 5.91 Å². The summed E-state index contributed by atoms with van der Waals surface area (Å²) >= 11 is 1.49. The van der Waals surface area contributed by atoms with Crippen LogP contribution in [0.25, 0.3) is 0 Å². The van der Waals surface area contributed by atoms with Gasteiger partial charge >= 0.3 is 0 Å². The Morgan fingerprint density at radius 1 is 1.43 bits per heavy atom. The smallest absolute Gasteiger partial charge is 0.237 e. The largest absolute Gasteiger partial charge is 0.504 e. The van der Waals surface area contributed by atoms with Crippen molar-refractivity contribution in [3.8, 4) is 11.5 Å². The molecular formula is C14H22N2O4S. The van der Waals surface area contributed by atoms with E-state index in [0.29, 0.717) is 11.3 Å². The Hall–Kier alpha value is -1.44. The quantitative estimate of drug-likeness (QED) is 0.459. The molecule has 1 amide bonds. The molecule has 0 saturated heterocycles. The summed E-state index contributed by atoms with van der Waals surface area (Å²) in [5.74, 6) is -0.328. The first-order valence-corrected chi connectivity index (χ1v) is 7.90. The third-order valence-electron chi connectivity index (χ3n) is 2.93. The number of hydrogen-bond acceptors (Lipinski definition) is 6. The van der Waals surface area contributed by atoms with Gasteiger partial charge in [-0.05, 0) is 37.3 Å². The lowest BCUT2D eigenvalue weighted by Crippen LogP contribution is -2.48. The zero-order valence-corrected chi connectivity index (χ0v) is 13.0. The fourth-order valence-electron chi connectivity index (χ4n) is 1.81. The zero-order chi connectivity index (χ0) is 16.0. The van der Waals surface area contributed by atoms with Gasteiger partial charge < -0.3 is 26.4 Å². The number of aliphatic hydroxyl groups is 1. The molecule has 0 aliphatic carbocycles. The molecule has 7 heteroatoms. The van der Waals surface area contributed by atoms with Gasteiger partial charge in [0.25, 0.3) is 0 Å².